The van der Waals surface area contributed by atoms with Crippen molar-refractivity contribution in [2.75, 3.05) is 5.73 Å². The summed E-state index contributed by atoms with van der Waals surface area (Å²) in [5, 5.41) is 17.6. The van der Waals surface area contributed by atoms with Crippen molar-refractivity contribution in [3.05, 3.63) is 11.9 Å². The van der Waals surface area contributed by atoms with Gasteiger partial charge >= 0.3 is 6.09 Å². The number of hydrogen-bond acceptors (Lipinski definition) is 6. The molecule has 24 heavy (non-hydrogen) atoms. The second kappa shape index (κ2) is 6.25. The maximum Gasteiger partial charge on any atom is 0.407 e. The Kier molecular flexibility index (Phi) is 4.83. The molecule has 1 aliphatic rings. The molecule has 0 spiro atoms. The molecule has 4 N–H and O–H groups in total. The molecular formula is C16H28N4O4. The van der Waals surface area contributed by atoms with Gasteiger partial charge in [0.25, 0.3) is 0 Å². The number of aromatic nitrogens is 2. The molecule has 2 heterocycles. The summed E-state index contributed by atoms with van der Waals surface area (Å²) in [5.74, 6) is 0. The van der Waals surface area contributed by atoms with Crippen LogP contribution in [0.1, 0.15) is 52.8 Å². The van der Waals surface area contributed by atoms with E-state index in [0.29, 0.717) is 12.1 Å². The Balaban J connectivity index is 2.20. The summed E-state index contributed by atoms with van der Waals surface area (Å²) in [6.45, 7) is 8.77. The highest BCUT2D eigenvalue weighted by atomic mass is 16.6. The highest BCUT2D eigenvalue weighted by Gasteiger charge is 2.47. The van der Waals surface area contributed by atoms with Crippen LogP contribution in [0.15, 0.2) is 6.20 Å². The van der Waals surface area contributed by atoms with Crippen molar-refractivity contribution in [2.45, 2.75) is 70.5 Å². The molecule has 0 aromatic carbocycles. The van der Waals surface area contributed by atoms with E-state index in [2.05, 4.69) is 10.4 Å². The van der Waals surface area contributed by atoms with Crippen LogP contribution in [0.3, 0.4) is 0 Å². The van der Waals surface area contributed by atoms with Gasteiger partial charge < -0.3 is 25.6 Å². The molecular weight excluding hydrogens is 312 g/mol. The monoisotopic (exact) mass is 340 g/mol. The maximum absolute atomic E-state index is 12.1. The number of ether oxygens (including phenoxy) is 2. The van der Waals surface area contributed by atoms with E-state index in [1.807, 2.05) is 0 Å². The average Bonchev–Trinajstić information content (AvgIpc) is 2.72. The summed E-state index contributed by atoms with van der Waals surface area (Å²) in [6, 6.07) is -0.546. The molecule has 8 heteroatoms. The predicted molar refractivity (Wildman–Crippen MR) is 89.3 cm³/mol. The quantitative estimate of drug-likeness (QED) is 0.752. The Bertz CT molecular complexity index is 586. The highest BCUT2D eigenvalue weighted by molar-refractivity contribution is 5.68. The van der Waals surface area contributed by atoms with Crippen LogP contribution in [0.25, 0.3) is 0 Å². The Hall–Kier alpha value is -1.80. The first kappa shape index (κ1) is 18.5. The number of nitrogens with one attached hydrogen (secondary N) is 1. The van der Waals surface area contributed by atoms with Crippen molar-refractivity contribution in [1.29, 1.82) is 0 Å². The zero-order valence-electron chi connectivity index (χ0n) is 15.2. The van der Waals surface area contributed by atoms with Gasteiger partial charge in [0, 0.05) is 13.5 Å². The number of rotatable bonds is 2. The number of amides is 1. The van der Waals surface area contributed by atoms with Crippen molar-refractivity contribution in [1.82, 2.24) is 15.1 Å². The first-order valence-corrected chi connectivity index (χ1v) is 8.06. The van der Waals surface area contributed by atoms with Crippen LogP contribution in [0.4, 0.5) is 10.5 Å². The van der Waals surface area contributed by atoms with Crippen LogP contribution < -0.4 is 11.1 Å². The number of nitrogens with two attached hydrogens (primary N) is 1. The van der Waals surface area contributed by atoms with E-state index < -0.39 is 29.4 Å². The lowest BCUT2D eigenvalue weighted by Gasteiger charge is -2.45. The number of carbonyl (C=O) groups is 1. The molecule has 0 saturated carbocycles. The van der Waals surface area contributed by atoms with Gasteiger partial charge in [-0.1, -0.05) is 0 Å². The minimum Gasteiger partial charge on any atom is -0.444 e. The van der Waals surface area contributed by atoms with Gasteiger partial charge in [0.05, 0.1) is 29.7 Å². The summed E-state index contributed by atoms with van der Waals surface area (Å²) in [7, 11) is 1.78. The normalized spacial score (nSPS) is 30.9. The fraction of sp³-hybridized carbons (Fsp3) is 0.750. The largest absolute Gasteiger partial charge is 0.444 e. The van der Waals surface area contributed by atoms with Gasteiger partial charge in [0.1, 0.15) is 17.3 Å². The summed E-state index contributed by atoms with van der Waals surface area (Å²) in [4.78, 5) is 12.1. The third kappa shape index (κ3) is 3.81. The maximum atomic E-state index is 12.1. The van der Waals surface area contributed by atoms with E-state index in [1.54, 1.807) is 52.5 Å². The summed E-state index contributed by atoms with van der Waals surface area (Å²) in [5.41, 5.74) is 5.38. The molecule has 1 saturated heterocycles. The van der Waals surface area contributed by atoms with Crippen LogP contribution in [0.5, 0.6) is 0 Å². The number of carbonyl (C=O) groups excluding carboxylic acids is 1. The van der Waals surface area contributed by atoms with E-state index >= 15 is 0 Å². The standard InChI is InChI=1S/C16H28N4O4/c1-9-16(5,22)12(19-14(21)24-15(2,3)4)7-11(23-9)13-10(17)8-18-20(13)6/h8-9,11-12,22H,7,17H2,1-6H3,(H,19,21). The van der Waals surface area contributed by atoms with Gasteiger partial charge in [0.2, 0.25) is 0 Å². The third-order valence-corrected chi connectivity index (χ3v) is 4.36. The molecule has 0 radical (unpaired) electrons. The lowest BCUT2D eigenvalue weighted by atomic mass is 9.83. The van der Waals surface area contributed by atoms with Crippen LogP contribution in [-0.4, -0.2) is 44.3 Å². The van der Waals surface area contributed by atoms with Gasteiger partial charge in [-0.15, -0.1) is 0 Å². The van der Waals surface area contributed by atoms with Gasteiger partial charge in [-0.2, -0.15) is 5.10 Å². The summed E-state index contributed by atoms with van der Waals surface area (Å²) < 4.78 is 12.9. The van der Waals surface area contributed by atoms with Crippen molar-refractivity contribution in [3.8, 4) is 0 Å². The molecule has 8 nitrogen and oxygen atoms in total. The average molecular weight is 340 g/mol. The molecule has 1 fully saturated rings. The van der Waals surface area contributed by atoms with Crippen molar-refractivity contribution < 1.29 is 19.4 Å². The van der Waals surface area contributed by atoms with Gasteiger partial charge in [0.15, 0.2) is 0 Å². The first-order valence-electron chi connectivity index (χ1n) is 8.06. The Morgan fingerprint density at radius 3 is 2.71 bits per heavy atom. The number of nitrogen functional groups attached to an aromatic ring is 1. The number of nitrogens with zero attached hydrogens (tertiary/aromatic N) is 2. The second-order valence-corrected chi connectivity index (χ2v) is 7.54. The topological polar surface area (TPSA) is 112 Å². The number of hydrogen-bond donors (Lipinski definition) is 3. The fourth-order valence-electron chi connectivity index (χ4n) is 2.86. The SMILES string of the molecule is CC1OC(c2c(N)cnn2C)CC(NC(=O)OC(C)(C)C)C1(C)O. The van der Waals surface area contributed by atoms with E-state index in [1.165, 1.54) is 0 Å². The van der Waals surface area contributed by atoms with Crippen molar-refractivity contribution in [3.63, 3.8) is 0 Å². The van der Waals surface area contributed by atoms with Crippen LogP contribution in [-0.2, 0) is 16.5 Å². The molecule has 0 aliphatic carbocycles. The molecule has 1 aliphatic heterocycles. The van der Waals surface area contributed by atoms with E-state index in [0.717, 1.165) is 5.69 Å². The zero-order chi connectivity index (χ0) is 18.3. The Morgan fingerprint density at radius 1 is 1.58 bits per heavy atom. The Labute approximate surface area is 142 Å². The minimum atomic E-state index is -1.24. The van der Waals surface area contributed by atoms with E-state index in [4.69, 9.17) is 15.2 Å². The second-order valence-electron chi connectivity index (χ2n) is 7.54. The lowest BCUT2D eigenvalue weighted by molar-refractivity contribution is -0.178. The van der Waals surface area contributed by atoms with Gasteiger partial charge in [-0.05, 0) is 34.6 Å². The Morgan fingerprint density at radius 2 is 2.21 bits per heavy atom. The predicted octanol–water partition coefficient (Wildman–Crippen LogP) is 1.50. The molecule has 1 amide bonds. The smallest absolute Gasteiger partial charge is 0.407 e. The molecule has 0 bridgehead atoms. The number of anilines is 1. The summed E-state index contributed by atoms with van der Waals surface area (Å²) in [6.07, 6.45) is 0.462. The van der Waals surface area contributed by atoms with Crippen LogP contribution in [0, 0.1) is 0 Å². The molecule has 136 valence electrons. The number of aliphatic hydroxyl groups is 1. The molecule has 4 unspecified atom stereocenters. The van der Waals surface area contributed by atoms with Crippen LogP contribution >= 0.6 is 0 Å². The van der Waals surface area contributed by atoms with E-state index in [9.17, 15) is 9.90 Å². The first-order chi connectivity index (χ1) is 10.9. The third-order valence-electron chi connectivity index (χ3n) is 4.36. The van der Waals surface area contributed by atoms with Crippen molar-refractivity contribution in [2.24, 2.45) is 7.05 Å². The fourth-order valence-corrected chi connectivity index (χ4v) is 2.86. The van der Waals surface area contributed by atoms with Crippen LogP contribution in [0.2, 0.25) is 0 Å². The van der Waals surface area contributed by atoms with Crippen molar-refractivity contribution >= 4 is 11.8 Å². The molecule has 1 aromatic rings. The summed E-state index contributed by atoms with van der Waals surface area (Å²) >= 11 is 0. The lowest BCUT2D eigenvalue weighted by Crippen LogP contribution is -2.61. The molecule has 1 aromatic heterocycles. The minimum absolute atomic E-state index is 0.361. The van der Waals surface area contributed by atoms with Gasteiger partial charge in [-0.25, -0.2) is 4.79 Å². The highest BCUT2D eigenvalue weighted by Crippen LogP contribution is 2.38. The number of alkyl carbamates (subject to hydrolysis) is 1. The van der Waals surface area contributed by atoms with Gasteiger partial charge in [-0.3, -0.25) is 4.68 Å². The van der Waals surface area contributed by atoms with E-state index in [-0.39, 0.29) is 6.10 Å². The zero-order valence-corrected chi connectivity index (χ0v) is 15.2. The molecule has 4 atom stereocenters. The molecule has 2 rings (SSSR count). The number of aryl methyl sites for hydroxylation is 1.